The van der Waals surface area contributed by atoms with Crippen molar-refractivity contribution < 1.29 is 14.3 Å². The molecule has 2 unspecified atom stereocenters. The van der Waals surface area contributed by atoms with Crippen LogP contribution in [0.3, 0.4) is 0 Å². The Kier molecular flexibility index (Phi) is 7.34. The molecule has 2 bridgehead atoms. The SMILES string of the molecule is COCCCOc1ccc(C(=O)N2CCC3CCC(C2)N3)cc1.Cl. The smallest absolute Gasteiger partial charge is 0.253 e. The Hall–Kier alpha value is -1.30. The van der Waals surface area contributed by atoms with Crippen molar-refractivity contribution in [3.63, 3.8) is 0 Å². The lowest BCUT2D eigenvalue weighted by Crippen LogP contribution is -2.39. The van der Waals surface area contributed by atoms with E-state index in [1.54, 1.807) is 7.11 Å². The van der Waals surface area contributed by atoms with Crippen molar-refractivity contribution in [1.82, 2.24) is 10.2 Å². The summed E-state index contributed by atoms with van der Waals surface area (Å²) in [5.41, 5.74) is 0.743. The first kappa shape index (κ1) is 19.0. The molecule has 0 aliphatic carbocycles. The average molecular weight is 355 g/mol. The lowest BCUT2D eigenvalue weighted by molar-refractivity contribution is 0.0748. The quantitative estimate of drug-likeness (QED) is 0.797. The highest BCUT2D eigenvalue weighted by Gasteiger charge is 2.31. The highest BCUT2D eigenvalue weighted by Crippen LogP contribution is 2.22. The van der Waals surface area contributed by atoms with Gasteiger partial charge >= 0.3 is 0 Å². The second-order valence-electron chi connectivity index (χ2n) is 6.40. The van der Waals surface area contributed by atoms with Crippen LogP contribution in [-0.4, -0.2) is 56.3 Å². The second-order valence-corrected chi connectivity index (χ2v) is 6.40. The fourth-order valence-corrected chi connectivity index (χ4v) is 3.40. The largest absolute Gasteiger partial charge is 0.494 e. The normalized spacial score (nSPS) is 22.6. The number of rotatable bonds is 6. The summed E-state index contributed by atoms with van der Waals surface area (Å²) in [6, 6.07) is 8.55. The summed E-state index contributed by atoms with van der Waals surface area (Å²) in [6.45, 7) is 3.00. The number of carbonyl (C=O) groups is 1. The first-order valence-electron chi connectivity index (χ1n) is 8.53. The number of hydrogen-bond acceptors (Lipinski definition) is 4. The Bertz CT molecular complexity index is 524. The van der Waals surface area contributed by atoms with Gasteiger partial charge < -0.3 is 19.7 Å². The Balaban J connectivity index is 0.00000208. The van der Waals surface area contributed by atoms with Crippen LogP contribution >= 0.6 is 12.4 Å². The van der Waals surface area contributed by atoms with E-state index in [1.165, 1.54) is 12.8 Å². The molecule has 2 heterocycles. The number of hydrogen-bond donors (Lipinski definition) is 1. The fourth-order valence-electron chi connectivity index (χ4n) is 3.40. The number of methoxy groups -OCH3 is 1. The molecule has 6 heteroatoms. The van der Waals surface area contributed by atoms with Crippen LogP contribution in [0.5, 0.6) is 5.75 Å². The van der Waals surface area contributed by atoms with E-state index in [-0.39, 0.29) is 18.3 Å². The monoisotopic (exact) mass is 354 g/mol. The van der Waals surface area contributed by atoms with Crippen LogP contribution in [0.2, 0.25) is 0 Å². The van der Waals surface area contributed by atoms with Crippen LogP contribution in [0.15, 0.2) is 24.3 Å². The zero-order chi connectivity index (χ0) is 16.1. The van der Waals surface area contributed by atoms with Gasteiger partial charge in [0.15, 0.2) is 0 Å². The summed E-state index contributed by atoms with van der Waals surface area (Å²) in [6.07, 6.45) is 4.36. The predicted octanol–water partition coefficient (Wildman–Crippen LogP) is 2.49. The maximum atomic E-state index is 12.7. The standard InChI is InChI=1S/C18H26N2O3.ClH/c1-22-11-2-12-23-17-7-3-14(4-8-17)18(21)20-10-9-15-5-6-16(13-20)19-15;/h3-4,7-8,15-16,19H,2,5-6,9-13H2,1H3;1H. The Morgan fingerprint density at radius 3 is 2.67 bits per heavy atom. The molecule has 3 rings (SSSR count). The van der Waals surface area contributed by atoms with Crippen LogP contribution < -0.4 is 10.1 Å². The van der Waals surface area contributed by atoms with Gasteiger partial charge in [0, 0.05) is 50.9 Å². The number of ether oxygens (including phenoxy) is 2. The lowest BCUT2D eigenvalue weighted by atomic mass is 10.1. The summed E-state index contributed by atoms with van der Waals surface area (Å²) in [5, 5.41) is 3.61. The number of nitrogens with one attached hydrogen (secondary N) is 1. The molecule has 24 heavy (non-hydrogen) atoms. The van der Waals surface area contributed by atoms with Crippen molar-refractivity contribution in [3.05, 3.63) is 29.8 Å². The maximum Gasteiger partial charge on any atom is 0.253 e. The molecular formula is C18H27ClN2O3. The molecule has 134 valence electrons. The van der Waals surface area contributed by atoms with Crippen molar-refractivity contribution in [1.29, 1.82) is 0 Å². The van der Waals surface area contributed by atoms with Crippen LogP contribution in [0.25, 0.3) is 0 Å². The van der Waals surface area contributed by atoms with Gasteiger partial charge in [0.05, 0.1) is 6.61 Å². The van der Waals surface area contributed by atoms with Crippen molar-refractivity contribution in [2.24, 2.45) is 0 Å². The number of halogens is 1. The van der Waals surface area contributed by atoms with Crippen molar-refractivity contribution in [3.8, 4) is 5.75 Å². The van der Waals surface area contributed by atoms with Gasteiger partial charge in [0.25, 0.3) is 5.91 Å². The maximum absolute atomic E-state index is 12.7. The van der Waals surface area contributed by atoms with Gasteiger partial charge in [-0.2, -0.15) is 0 Å². The fraction of sp³-hybridized carbons (Fsp3) is 0.611. The highest BCUT2D eigenvalue weighted by atomic mass is 35.5. The zero-order valence-corrected chi connectivity index (χ0v) is 15.0. The van der Waals surface area contributed by atoms with Gasteiger partial charge in [-0.15, -0.1) is 12.4 Å². The Labute approximate surface area is 150 Å². The molecule has 0 aromatic heterocycles. The molecule has 2 saturated heterocycles. The predicted molar refractivity (Wildman–Crippen MR) is 96.1 cm³/mol. The summed E-state index contributed by atoms with van der Waals surface area (Å²) in [5.74, 6) is 0.930. The number of carbonyl (C=O) groups excluding carboxylic acids is 1. The van der Waals surface area contributed by atoms with Crippen LogP contribution in [0.1, 0.15) is 36.0 Å². The van der Waals surface area contributed by atoms with E-state index < -0.39 is 0 Å². The molecule has 0 radical (unpaired) electrons. The van der Waals surface area contributed by atoms with Gasteiger partial charge in [0.1, 0.15) is 5.75 Å². The number of fused-ring (bicyclic) bond motifs is 2. The van der Waals surface area contributed by atoms with E-state index in [1.807, 2.05) is 29.2 Å². The van der Waals surface area contributed by atoms with Crippen molar-refractivity contribution >= 4 is 18.3 Å². The summed E-state index contributed by atoms with van der Waals surface area (Å²) in [7, 11) is 1.69. The lowest BCUT2D eigenvalue weighted by Gasteiger charge is -2.24. The second kappa shape index (κ2) is 9.25. The minimum Gasteiger partial charge on any atom is -0.494 e. The molecule has 1 N–H and O–H groups in total. The van der Waals surface area contributed by atoms with Crippen molar-refractivity contribution in [2.75, 3.05) is 33.4 Å². The minimum absolute atomic E-state index is 0. The van der Waals surface area contributed by atoms with Gasteiger partial charge in [-0.1, -0.05) is 0 Å². The molecule has 1 aromatic carbocycles. The third kappa shape index (κ3) is 4.85. The van der Waals surface area contributed by atoms with Gasteiger partial charge in [-0.3, -0.25) is 4.79 Å². The Morgan fingerprint density at radius 2 is 1.92 bits per heavy atom. The molecule has 0 saturated carbocycles. The third-order valence-corrected chi connectivity index (χ3v) is 4.67. The summed E-state index contributed by atoms with van der Waals surface area (Å²) < 4.78 is 10.6. The molecule has 5 nitrogen and oxygen atoms in total. The molecule has 0 spiro atoms. The first-order valence-corrected chi connectivity index (χ1v) is 8.53. The minimum atomic E-state index is 0. The molecule has 2 aliphatic heterocycles. The number of amides is 1. The molecule has 2 fully saturated rings. The van der Waals surface area contributed by atoms with E-state index in [9.17, 15) is 4.79 Å². The van der Waals surface area contributed by atoms with E-state index in [4.69, 9.17) is 9.47 Å². The van der Waals surface area contributed by atoms with Crippen LogP contribution in [0, 0.1) is 0 Å². The molecule has 2 atom stereocenters. The summed E-state index contributed by atoms with van der Waals surface area (Å²) >= 11 is 0. The van der Waals surface area contributed by atoms with E-state index in [0.29, 0.717) is 25.3 Å². The third-order valence-electron chi connectivity index (χ3n) is 4.67. The number of nitrogens with zero attached hydrogens (tertiary/aromatic N) is 1. The first-order chi connectivity index (χ1) is 11.3. The van der Waals surface area contributed by atoms with Crippen LogP contribution in [0.4, 0.5) is 0 Å². The number of benzene rings is 1. The zero-order valence-electron chi connectivity index (χ0n) is 14.2. The summed E-state index contributed by atoms with van der Waals surface area (Å²) in [4.78, 5) is 14.7. The van der Waals surface area contributed by atoms with E-state index in [0.717, 1.165) is 37.2 Å². The van der Waals surface area contributed by atoms with Gasteiger partial charge in [0.2, 0.25) is 0 Å². The average Bonchev–Trinajstić information content (AvgIpc) is 2.91. The molecule has 1 amide bonds. The Morgan fingerprint density at radius 1 is 1.17 bits per heavy atom. The highest BCUT2D eigenvalue weighted by molar-refractivity contribution is 5.94. The van der Waals surface area contributed by atoms with E-state index in [2.05, 4.69) is 5.32 Å². The topological polar surface area (TPSA) is 50.8 Å². The van der Waals surface area contributed by atoms with E-state index >= 15 is 0 Å². The van der Waals surface area contributed by atoms with Crippen molar-refractivity contribution in [2.45, 2.75) is 37.8 Å². The number of likely N-dealkylation sites (tertiary alicyclic amines) is 1. The molecule has 2 aliphatic rings. The van der Waals surface area contributed by atoms with Crippen LogP contribution in [-0.2, 0) is 4.74 Å². The molecular weight excluding hydrogens is 328 g/mol. The molecule has 1 aromatic rings. The van der Waals surface area contributed by atoms with Gasteiger partial charge in [-0.25, -0.2) is 0 Å². The van der Waals surface area contributed by atoms with Gasteiger partial charge in [-0.05, 0) is 43.5 Å².